The third kappa shape index (κ3) is 4.03. The van der Waals surface area contributed by atoms with E-state index in [0.717, 1.165) is 0 Å². The number of rotatable bonds is 5. The van der Waals surface area contributed by atoms with E-state index in [4.69, 9.17) is 9.26 Å². The van der Waals surface area contributed by atoms with E-state index in [2.05, 4.69) is 15.8 Å². The molecule has 7 heteroatoms. The molecule has 25 heavy (non-hydrogen) atoms. The first-order valence-electron chi connectivity index (χ1n) is 7.43. The lowest BCUT2D eigenvalue weighted by Gasteiger charge is -2.07. The molecule has 0 saturated heterocycles. The Morgan fingerprint density at radius 3 is 2.04 bits per heavy atom. The standard InChI is InChI=1S/C18H15N3O4/c1-24-15-8-6-14(7-9-15)20-17(22)12-2-4-13(5-3-12)21-18(23)16-10-11-19-25-16/h2-11H,1H3,(H,20,22)(H,21,23). The van der Waals surface area contributed by atoms with Gasteiger partial charge in [0.15, 0.2) is 0 Å². The van der Waals surface area contributed by atoms with Crippen LogP contribution in [0.2, 0.25) is 0 Å². The second kappa shape index (κ2) is 7.31. The van der Waals surface area contributed by atoms with Crippen LogP contribution in [0.1, 0.15) is 20.9 Å². The van der Waals surface area contributed by atoms with Gasteiger partial charge in [0.1, 0.15) is 5.75 Å². The summed E-state index contributed by atoms with van der Waals surface area (Å²) in [6.07, 6.45) is 1.39. The molecule has 0 atom stereocenters. The fraction of sp³-hybridized carbons (Fsp3) is 0.0556. The third-order valence-electron chi connectivity index (χ3n) is 3.41. The molecule has 2 amide bonds. The van der Waals surface area contributed by atoms with Crippen molar-refractivity contribution in [2.45, 2.75) is 0 Å². The minimum absolute atomic E-state index is 0.112. The Kier molecular flexibility index (Phi) is 4.75. The summed E-state index contributed by atoms with van der Waals surface area (Å²) < 4.78 is 9.85. The number of aromatic nitrogens is 1. The predicted octanol–water partition coefficient (Wildman–Crippen LogP) is 3.19. The van der Waals surface area contributed by atoms with E-state index in [0.29, 0.717) is 22.7 Å². The molecular formula is C18H15N3O4. The number of hydrogen-bond acceptors (Lipinski definition) is 5. The number of ether oxygens (including phenoxy) is 1. The molecule has 1 aromatic heterocycles. The summed E-state index contributed by atoms with van der Waals surface area (Å²) in [6, 6.07) is 15.0. The van der Waals surface area contributed by atoms with Gasteiger partial charge in [-0.3, -0.25) is 9.59 Å². The molecular weight excluding hydrogens is 322 g/mol. The maximum absolute atomic E-state index is 12.2. The lowest BCUT2D eigenvalue weighted by molar-refractivity contribution is 0.0986. The Morgan fingerprint density at radius 1 is 0.880 bits per heavy atom. The van der Waals surface area contributed by atoms with Crippen molar-refractivity contribution in [3.05, 3.63) is 72.1 Å². The number of carbonyl (C=O) groups is 2. The lowest BCUT2D eigenvalue weighted by atomic mass is 10.2. The van der Waals surface area contributed by atoms with Crippen molar-refractivity contribution in [1.29, 1.82) is 0 Å². The van der Waals surface area contributed by atoms with Crippen LogP contribution in [0.3, 0.4) is 0 Å². The van der Waals surface area contributed by atoms with Crippen LogP contribution in [-0.2, 0) is 0 Å². The Labute approximate surface area is 143 Å². The molecule has 0 aliphatic heterocycles. The Bertz CT molecular complexity index is 856. The zero-order valence-corrected chi connectivity index (χ0v) is 13.4. The van der Waals surface area contributed by atoms with E-state index in [9.17, 15) is 9.59 Å². The summed E-state index contributed by atoms with van der Waals surface area (Å²) in [5.74, 6) is 0.164. The van der Waals surface area contributed by atoms with Gasteiger partial charge in [-0.25, -0.2) is 0 Å². The second-order valence-corrected chi connectivity index (χ2v) is 5.09. The highest BCUT2D eigenvalue weighted by molar-refractivity contribution is 6.05. The first kappa shape index (κ1) is 16.3. The summed E-state index contributed by atoms with van der Waals surface area (Å²) >= 11 is 0. The molecule has 2 aromatic carbocycles. The molecule has 7 nitrogen and oxygen atoms in total. The molecule has 0 radical (unpaired) electrons. The Balaban J connectivity index is 1.62. The summed E-state index contributed by atoms with van der Waals surface area (Å²) in [6.45, 7) is 0. The molecule has 0 unspecified atom stereocenters. The molecule has 126 valence electrons. The second-order valence-electron chi connectivity index (χ2n) is 5.09. The fourth-order valence-electron chi connectivity index (χ4n) is 2.11. The van der Waals surface area contributed by atoms with E-state index in [1.54, 1.807) is 55.6 Å². The molecule has 1 heterocycles. The summed E-state index contributed by atoms with van der Waals surface area (Å²) in [5, 5.41) is 8.92. The minimum Gasteiger partial charge on any atom is -0.497 e. The van der Waals surface area contributed by atoms with Crippen LogP contribution in [0.5, 0.6) is 5.75 Å². The number of carbonyl (C=O) groups excluding carboxylic acids is 2. The van der Waals surface area contributed by atoms with Gasteiger partial charge in [0.25, 0.3) is 11.8 Å². The van der Waals surface area contributed by atoms with Gasteiger partial charge in [-0.2, -0.15) is 0 Å². The normalized spacial score (nSPS) is 10.1. The van der Waals surface area contributed by atoms with Crippen molar-refractivity contribution in [2.24, 2.45) is 0 Å². The number of nitrogens with one attached hydrogen (secondary N) is 2. The van der Waals surface area contributed by atoms with Crippen molar-refractivity contribution in [3.63, 3.8) is 0 Å². The number of methoxy groups -OCH3 is 1. The van der Waals surface area contributed by atoms with Crippen LogP contribution in [0.25, 0.3) is 0 Å². The van der Waals surface area contributed by atoms with Gasteiger partial charge in [0, 0.05) is 23.0 Å². The maximum atomic E-state index is 12.2. The van der Waals surface area contributed by atoms with E-state index < -0.39 is 5.91 Å². The first-order valence-corrected chi connectivity index (χ1v) is 7.43. The molecule has 0 aliphatic carbocycles. The largest absolute Gasteiger partial charge is 0.497 e. The molecule has 0 spiro atoms. The number of benzene rings is 2. The van der Waals surface area contributed by atoms with Gasteiger partial charge in [0.2, 0.25) is 5.76 Å². The Morgan fingerprint density at radius 2 is 1.48 bits per heavy atom. The fourth-order valence-corrected chi connectivity index (χ4v) is 2.11. The van der Waals surface area contributed by atoms with Crippen molar-refractivity contribution < 1.29 is 18.8 Å². The van der Waals surface area contributed by atoms with Crippen molar-refractivity contribution in [2.75, 3.05) is 17.7 Å². The number of anilines is 2. The molecule has 0 bridgehead atoms. The van der Waals surface area contributed by atoms with E-state index in [1.807, 2.05) is 0 Å². The summed E-state index contributed by atoms with van der Waals surface area (Å²) in [5.41, 5.74) is 1.67. The van der Waals surface area contributed by atoms with Gasteiger partial charge in [0.05, 0.1) is 13.3 Å². The van der Waals surface area contributed by atoms with Crippen LogP contribution in [0, 0.1) is 0 Å². The van der Waals surface area contributed by atoms with Crippen LogP contribution in [0.15, 0.2) is 65.3 Å². The molecule has 0 fully saturated rings. The van der Waals surface area contributed by atoms with Crippen molar-refractivity contribution in [3.8, 4) is 5.75 Å². The molecule has 3 rings (SSSR count). The maximum Gasteiger partial charge on any atom is 0.294 e. The predicted molar refractivity (Wildman–Crippen MR) is 91.8 cm³/mol. The van der Waals surface area contributed by atoms with Gasteiger partial charge in [-0.1, -0.05) is 5.16 Å². The highest BCUT2D eigenvalue weighted by atomic mass is 16.5. The van der Waals surface area contributed by atoms with E-state index in [-0.39, 0.29) is 11.7 Å². The Hall–Kier alpha value is -3.61. The average molecular weight is 337 g/mol. The van der Waals surface area contributed by atoms with Gasteiger partial charge < -0.3 is 19.9 Å². The van der Waals surface area contributed by atoms with E-state index in [1.165, 1.54) is 12.3 Å². The highest BCUT2D eigenvalue weighted by Gasteiger charge is 2.11. The minimum atomic E-state index is -0.409. The lowest BCUT2D eigenvalue weighted by Crippen LogP contribution is -2.13. The van der Waals surface area contributed by atoms with Crippen LogP contribution in [0.4, 0.5) is 11.4 Å². The van der Waals surface area contributed by atoms with Gasteiger partial charge in [-0.15, -0.1) is 0 Å². The van der Waals surface area contributed by atoms with Crippen molar-refractivity contribution in [1.82, 2.24) is 5.16 Å². The number of amides is 2. The number of hydrogen-bond donors (Lipinski definition) is 2. The van der Waals surface area contributed by atoms with Crippen LogP contribution >= 0.6 is 0 Å². The summed E-state index contributed by atoms with van der Waals surface area (Å²) in [7, 11) is 1.58. The molecule has 0 saturated carbocycles. The van der Waals surface area contributed by atoms with Gasteiger partial charge >= 0.3 is 0 Å². The SMILES string of the molecule is COc1ccc(NC(=O)c2ccc(NC(=O)c3ccno3)cc2)cc1. The quantitative estimate of drug-likeness (QED) is 0.746. The van der Waals surface area contributed by atoms with Crippen LogP contribution in [-0.4, -0.2) is 24.1 Å². The molecule has 0 aliphatic rings. The average Bonchev–Trinajstić information content (AvgIpc) is 3.18. The molecule has 2 N–H and O–H groups in total. The zero-order chi connectivity index (χ0) is 17.6. The highest BCUT2D eigenvalue weighted by Crippen LogP contribution is 2.17. The summed E-state index contributed by atoms with van der Waals surface area (Å²) in [4.78, 5) is 24.1. The van der Waals surface area contributed by atoms with Crippen LogP contribution < -0.4 is 15.4 Å². The monoisotopic (exact) mass is 337 g/mol. The smallest absolute Gasteiger partial charge is 0.294 e. The zero-order valence-electron chi connectivity index (χ0n) is 13.4. The van der Waals surface area contributed by atoms with Gasteiger partial charge in [-0.05, 0) is 48.5 Å². The number of nitrogens with zero attached hydrogens (tertiary/aromatic N) is 1. The molecule has 3 aromatic rings. The topological polar surface area (TPSA) is 93.5 Å². The van der Waals surface area contributed by atoms with Crippen molar-refractivity contribution >= 4 is 23.2 Å². The first-order chi connectivity index (χ1) is 12.2. The third-order valence-corrected chi connectivity index (χ3v) is 3.41. The van der Waals surface area contributed by atoms with E-state index >= 15 is 0 Å².